The van der Waals surface area contributed by atoms with Gasteiger partial charge in [-0.05, 0) is 96.0 Å². The number of likely N-dealkylation sites (N-methyl/N-ethyl adjacent to an activating group) is 1. The summed E-state index contributed by atoms with van der Waals surface area (Å²) >= 11 is 0. The van der Waals surface area contributed by atoms with Gasteiger partial charge in [0.25, 0.3) is 0 Å². The van der Waals surface area contributed by atoms with Gasteiger partial charge < -0.3 is 19.4 Å². The zero-order valence-corrected chi connectivity index (χ0v) is 53.8. The molecule has 0 heterocycles. The fourth-order valence-electron chi connectivity index (χ4n) is 9.71. The molecule has 3 unspecified atom stereocenters. The van der Waals surface area contributed by atoms with Gasteiger partial charge in [-0.25, -0.2) is 4.57 Å². The van der Waals surface area contributed by atoms with Crippen LogP contribution in [0.3, 0.4) is 0 Å². The molecular formula is C69H130N2O7P+. The third-order valence-electron chi connectivity index (χ3n) is 14.9. The highest BCUT2D eigenvalue weighted by molar-refractivity contribution is 7.47. The van der Waals surface area contributed by atoms with Crippen molar-refractivity contribution >= 4 is 19.7 Å². The minimum Gasteiger partial charge on any atom is -0.456 e. The lowest BCUT2D eigenvalue weighted by molar-refractivity contribution is -0.870. The number of carbonyl (C=O) groups excluding carboxylic acids is 2. The first-order valence-electron chi connectivity index (χ1n) is 33.6. The number of ether oxygens (including phenoxy) is 1. The molecule has 0 saturated heterocycles. The van der Waals surface area contributed by atoms with E-state index in [2.05, 4.69) is 74.7 Å². The van der Waals surface area contributed by atoms with Gasteiger partial charge in [-0.1, -0.05) is 268 Å². The number of phosphoric acid groups is 1. The number of rotatable bonds is 61. The molecule has 0 fully saturated rings. The van der Waals surface area contributed by atoms with E-state index < -0.39 is 20.0 Å². The van der Waals surface area contributed by atoms with E-state index in [0.717, 1.165) is 83.5 Å². The Labute approximate surface area is 490 Å². The highest BCUT2D eigenvalue weighted by Crippen LogP contribution is 2.43. The molecule has 0 aliphatic rings. The molecule has 0 rings (SSSR count). The summed E-state index contributed by atoms with van der Waals surface area (Å²) in [5, 5.41) is 3.06. The molecule has 0 spiro atoms. The lowest BCUT2D eigenvalue weighted by atomic mass is 10.0. The fraction of sp³-hybridized carbons (Fsp3) is 0.826. The lowest BCUT2D eigenvalue weighted by Gasteiger charge is -2.27. The monoisotopic (exact) mass is 1130 g/mol. The Morgan fingerprint density at radius 2 is 0.772 bits per heavy atom. The average molecular weight is 1130 g/mol. The Kier molecular flexibility index (Phi) is 57.2. The van der Waals surface area contributed by atoms with Crippen LogP contribution in [-0.4, -0.2) is 74.3 Å². The Hall–Kier alpha value is -2.29. The van der Waals surface area contributed by atoms with Gasteiger partial charge in [0.05, 0.1) is 33.8 Å². The molecule has 79 heavy (non-hydrogen) atoms. The summed E-state index contributed by atoms with van der Waals surface area (Å²) < 4.78 is 30.7. The van der Waals surface area contributed by atoms with Crippen LogP contribution in [0.4, 0.5) is 0 Å². The second kappa shape index (κ2) is 58.9. The predicted molar refractivity (Wildman–Crippen MR) is 342 cm³/mol. The zero-order chi connectivity index (χ0) is 57.9. The predicted octanol–water partition coefficient (Wildman–Crippen LogP) is 21.0. The van der Waals surface area contributed by atoms with Crippen LogP contribution < -0.4 is 5.32 Å². The van der Waals surface area contributed by atoms with E-state index in [1.165, 1.54) is 199 Å². The van der Waals surface area contributed by atoms with Crippen LogP contribution in [0.2, 0.25) is 0 Å². The van der Waals surface area contributed by atoms with E-state index in [1.54, 1.807) is 0 Å². The first-order valence-corrected chi connectivity index (χ1v) is 35.1. The van der Waals surface area contributed by atoms with Crippen molar-refractivity contribution in [2.75, 3.05) is 40.9 Å². The molecular weight excluding hydrogens is 1000 g/mol. The van der Waals surface area contributed by atoms with Crippen molar-refractivity contribution in [3.63, 3.8) is 0 Å². The number of carbonyl (C=O) groups is 2. The molecule has 0 aliphatic heterocycles. The van der Waals surface area contributed by atoms with E-state index >= 15 is 0 Å². The highest BCUT2D eigenvalue weighted by atomic mass is 31.2. The van der Waals surface area contributed by atoms with Gasteiger partial charge in [-0.3, -0.25) is 18.6 Å². The van der Waals surface area contributed by atoms with Crippen LogP contribution >= 0.6 is 7.82 Å². The van der Waals surface area contributed by atoms with Crippen LogP contribution in [0.25, 0.3) is 0 Å². The molecule has 3 atom stereocenters. The highest BCUT2D eigenvalue weighted by Gasteiger charge is 2.30. The quantitative estimate of drug-likeness (QED) is 0.0205. The van der Waals surface area contributed by atoms with Crippen LogP contribution in [0, 0.1) is 0 Å². The van der Waals surface area contributed by atoms with Crippen LogP contribution in [0.1, 0.15) is 316 Å². The smallest absolute Gasteiger partial charge is 0.456 e. The van der Waals surface area contributed by atoms with Crippen molar-refractivity contribution in [3.8, 4) is 0 Å². The minimum absolute atomic E-state index is 0.0384. The molecule has 9 nitrogen and oxygen atoms in total. The molecule has 1 amide bonds. The van der Waals surface area contributed by atoms with E-state index in [9.17, 15) is 19.0 Å². The summed E-state index contributed by atoms with van der Waals surface area (Å²) in [6.45, 7) is 6.98. The van der Waals surface area contributed by atoms with E-state index in [-0.39, 0.29) is 25.1 Å². The summed E-state index contributed by atoms with van der Waals surface area (Å²) in [4.78, 5) is 37.8. The Bertz CT molecular complexity index is 1540. The van der Waals surface area contributed by atoms with Crippen molar-refractivity contribution in [1.82, 2.24) is 5.32 Å². The molecule has 0 saturated carbocycles. The summed E-state index contributed by atoms with van der Waals surface area (Å²) in [6.07, 6.45) is 75.1. The van der Waals surface area contributed by atoms with Crippen molar-refractivity contribution in [2.45, 2.75) is 328 Å². The summed E-state index contributed by atoms with van der Waals surface area (Å²) in [5.74, 6) is -0.505. The maximum atomic E-state index is 13.6. The van der Waals surface area contributed by atoms with Crippen molar-refractivity contribution < 1.29 is 37.3 Å². The second-order valence-corrected chi connectivity index (χ2v) is 25.4. The number of hydrogen-bond donors (Lipinski definition) is 2. The first kappa shape index (κ1) is 76.7. The third-order valence-corrected chi connectivity index (χ3v) is 15.9. The number of unbranched alkanes of at least 4 members (excludes halogenated alkanes) is 37. The zero-order valence-electron chi connectivity index (χ0n) is 52.9. The Balaban J connectivity index is 5.05. The van der Waals surface area contributed by atoms with Gasteiger partial charge in [0.2, 0.25) is 5.91 Å². The topological polar surface area (TPSA) is 111 Å². The standard InChI is InChI=1S/C69H129N2O7P/c1-7-10-13-16-19-22-25-27-29-31-32-33-34-35-36-37-38-40-42-44-47-50-53-56-59-62-69(73)78-67(60-57-54-51-48-45-24-21-18-15-12-9-3)66(65-77-79(74,75)76-64-63-71(4,5)6)70-68(72)61-58-55-52-49-46-43-41-39-30-28-26-23-20-17-14-11-8-2/h19-20,22-23,27-30,57,60,66-67H,7-18,21,24-26,31-56,58-59,61-65H2,1-6H3,(H-,70,72,74,75)/p+1/b22-19-,23-20-,29-27-,30-28-,60-57-. The van der Waals surface area contributed by atoms with E-state index in [4.69, 9.17) is 13.8 Å². The molecule has 0 aromatic carbocycles. The van der Waals surface area contributed by atoms with Gasteiger partial charge in [0, 0.05) is 12.8 Å². The SMILES string of the molecule is CCCCC/C=C\C/C=C\CCCCCCCCCCCCCCCCCC(=O)OC(/C=C\CCCCCCCCCCC)C(COP(=O)(O)OCC[N+](C)(C)C)NC(=O)CCCCCCCCC/C=C\C/C=C\CCCCC. The number of esters is 1. The van der Waals surface area contributed by atoms with Crippen molar-refractivity contribution in [3.05, 3.63) is 60.8 Å². The van der Waals surface area contributed by atoms with Gasteiger partial charge >= 0.3 is 13.8 Å². The first-order chi connectivity index (χ1) is 38.4. The van der Waals surface area contributed by atoms with E-state index in [0.29, 0.717) is 23.9 Å². The molecule has 0 aromatic rings. The number of nitrogens with one attached hydrogen (secondary N) is 1. The lowest BCUT2D eigenvalue weighted by Crippen LogP contribution is -2.47. The molecule has 2 N–H and O–H groups in total. The van der Waals surface area contributed by atoms with Gasteiger partial charge in [0.15, 0.2) is 0 Å². The Morgan fingerprint density at radius 3 is 1.16 bits per heavy atom. The van der Waals surface area contributed by atoms with Crippen LogP contribution in [-0.2, 0) is 27.9 Å². The summed E-state index contributed by atoms with van der Waals surface area (Å²) in [6, 6.07) is -0.852. The Morgan fingerprint density at radius 1 is 0.443 bits per heavy atom. The maximum Gasteiger partial charge on any atom is 0.472 e. The largest absolute Gasteiger partial charge is 0.472 e. The molecule has 0 aromatic heterocycles. The average Bonchev–Trinajstić information content (AvgIpc) is 3.41. The minimum atomic E-state index is -4.45. The number of amides is 1. The number of nitrogens with zero attached hydrogens (tertiary/aromatic N) is 1. The normalized spacial score (nSPS) is 14.0. The molecule has 0 radical (unpaired) electrons. The second-order valence-electron chi connectivity index (χ2n) is 24.0. The third kappa shape index (κ3) is 60.1. The molecule has 0 bridgehead atoms. The number of allylic oxidation sites excluding steroid dienone is 9. The maximum absolute atomic E-state index is 13.6. The molecule has 462 valence electrons. The van der Waals surface area contributed by atoms with E-state index in [1.807, 2.05) is 33.3 Å². The van der Waals surface area contributed by atoms with Crippen molar-refractivity contribution in [1.29, 1.82) is 0 Å². The number of hydrogen-bond acceptors (Lipinski definition) is 6. The number of phosphoric ester groups is 1. The van der Waals surface area contributed by atoms with Gasteiger partial charge in [-0.15, -0.1) is 0 Å². The molecule has 10 heteroatoms. The summed E-state index contributed by atoms with van der Waals surface area (Å²) in [7, 11) is 1.50. The number of quaternary nitrogens is 1. The molecule has 0 aliphatic carbocycles. The summed E-state index contributed by atoms with van der Waals surface area (Å²) in [5.41, 5.74) is 0. The van der Waals surface area contributed by atoms with Crippen LogP contribution in [0.5, 0.6) is 0 Å². The van der Waals surface area contributed by atoms with Crippen LogP contribution in [0.15, 0.2) is 60.8 Å². The van der Waals surface area contributed by atoms with Gasteiger partial charge in [-0.2, -0.15) is 0 Å². The fourth-order valence-corrected chi connectivity index (χ4v) is 10.4. The van der Waals surface area contributed by atoms with Gasteiger partial charge in [0.1, 0.15) is 19.3 Å². The van der Waals surface area contributed by atoms with Crippen molar-refractivity contribution in [2.24, 2.45) is 0 Å².